The molecule has 2 amide bonds. The highest BCUT2D eigenvalue weighted by Crippen LogP contribution is 2.13. The van der Waals surface area contributed by atoms with Crippen LogP contribution in [0.2, 0.25) is 0 Å². The molecule has 1 atom stereocenters. The molecule has 0 spiro atoms. The van der Waals surface area contributed by atoms with Crippen molar-refractivity contribution in [2.75, 3.05) is 39.9 Å². The number of amides is 2. The van der Waals surface area contributed by atoms with Gasteiger partial charge in [0.25, 0.3) is 5.91 Å². The lowest BCUT2D eigenvalue weighted by molar-refractivity contribution is -0.129. The van der Waals surface area contributed by atoms with Gasteiger partial charge in [-0.2, -0.15) is 0 Å². The molecule has 3 rings (SSSR count). The first-order chi connectivity index (χ1) is 15.1. The number of morpholine rings is 1. The molecule has 0 saturated carbocycles. The number of nitrogens with one attached hydrogen (secondary N) is 1. The van der Waals surface area contributed by atoms with E-state index in [1.165, 1.54) is 0 Å². The average Bonchev–Trinajstić information content (AvgIpc) is 2.82. The molecule has 1 unspecified atom stereocenters. The summed E-state index contributed by atoms with van der Waals surface area (Å²) in [6, 6.07) is 17.3. The third-order valence-electron chi connectivity index (χ3n) is 5.46. The number of rotatable bonds is 8. The van der Waals surface area contributed by atoms with Crippen molar-refractivity contribution in [3.05, 3.63) is 77.4 Å². The predicted molar refractivity (Wildman–Crippen MR) is 123 cm³/mol. The standard InChI is InChI=1S/C25H31N3O3/c1-20(18-27-14-16-31-17-15-27)28(19-22-6-4-3-5-7-22)24(29)13-10-21-8-11-23(12-9-21)25(30)26-2/h3-13,20H,14-19H2,1-2H3,(H,26,30)/b13-10+. The van der Waals surface area contributed by atoms with Crippen molar-refractivity contribution in [2.24, 2.45) is 0 Å². The highest BCUT2D eigenvalue weighted by atomic mass is 16.5. The Bertz CT molecular complexity index is 875. The molecule has 164 valence electrons. The van der Waals surface area contributed by atoms with Crippen LogP contribution >= 0.6 is 0 Å². The van der Waals surface area contributed by atoms with Gasteiger partial charge in [-0.3, -0.25) is 14.5 Å². The van der Waals surface area contributed by atoms with Crippen LogP contribution in [0.5, 0.6) is 0 Å². The SMILES string of the molecule is CNC(=O)c1ccc(/C=C/C(=O)N(Cc2ccccc2)C(C)CN2CCOCC2)cc1. The fourth-order valence-corrected chi connectivity index (χ4v) is 3.64. The smallest absolute Gasteiger partial charge is 0.251 e. The molecule has 1 aliphatic heterocycles. The zero-order chi connectivity index (χ0) is 22.1. The van der Waals surface area contributed by atoms with Gasteiger partial charge in [0.05, 0.1) is 13.2 Å². The molecule has 0 radical (unpaired) electrons. The topological polar surface area (TPSA) is 61.9 Å². The molecule has 1 heterocycles. The summed E-state index contributed by atoms with van der Waals surface area (Å²) in [5.74, 6) is -0.155. The minimum atomic E-state index is -0.127. The van der Waals surface area contributed by atoms with Crippen LogP contribution in [-0.4, -0.2) is 67.6 Å². The highest BCUT2D eigenvalue weighted by Gasteiger charge is 2.22. The van der Waals surface area contributed by atoms with Gasteiger partial charge in [0.15, 0.2) is 0 Å². The van der Waals surface area contributed by atoms with Crippen LogP contribution in [-0.2, 0) is 16.1 Å². The van der Waals surface area contributed by atoms with E-state index in [0.29, 0.717) is 12.1 Å². The first-order valence-corrected chi connectivity index (χ1v) is 10.7. The van der Waals surface area contributed by atoms with Crippen molar-refractivity contribution < 1.29 is 14.3 Å². The Labute approximate surface area is 184 Å². The second-order valence-corrected chi connectivity index (χ2v) is 7.75. The van der Waals surface area contributed by atoms with Crippen molar-refractivity contribution in [1.29, 1.82) is 0 Å². The highest BCUT2D eigenvalue weighted by molar-refractivity contribution is 5.95. The minimum Gasteiger partial charge on any atom is -0.379 e. The normalized spacial score (nSPS) is 15.5. The summed E-state index contributed by atoms with van der Waals surface area (Å²) in [6.45, 7) is 6.75. The van der Waals surface area contributed by atoms with Crippen LogP contribution in [0, 0.1) is 0 Å². The summed E-state index contributed by atoms with van der Waals surface area (Å²) >= 11 is 0. The van der Waals surface area contributed by atoms with Crippen molar-refractivity contribution in [3.63, 3.8) is 0 Å². The average molecular weight is 422 g/mol. The van der Waals surface area contributed by atoms with Gasteiger partial charge in [0.1, 0.15) is 0 Å². The molecule has 1 saturated heterocycles. The van der Waals surface area contributed by atoms with E-state index in [1.807, 2.05) is 47.4 Å². The summed E-state index contributed by atoms with van der Waals surface area (Å²) in [5.41, 5.74) is 2.57. The zero-order valence-corrected chi connectivity index (χ0v) is 18.3. The number of benzene rings is 2. The Balaban J connectivity index is 1.71. The maximum Gasteiger partial charge on any atom is 0.251 e. The number of hydrogen-bond donors (Lipinski definition) is 1. The number of carbonyl (C=O) groups is 2. The van der Waals surface area contributed by atoms with E-state index in [0.717, 1.165) is 44.0 Å². The molecule has 2 aromatic carbocycles. The van der Waals surface area contributed by atoms with Crippen LogP contribution in [0.3, 0.4) is 0 Å². The van der Waals surface area contributed by atoms with Crippen LogP contribution in [0.25, 0.3) is 6.08 Å². The van der Waals surface area contributed by atoms with Gasteiger partial charge < -0.3 is 15.0 Å². The van der Waals surface area contributed by atoms with Gasteiger partial charge >= 0.3 is 0 Å². The molecule has 6 heteroatoms. The van der Waals surface area contributed by atoms with Gasteiger partial charge in [0.2, 0.25) is 5.91 Å². The van der Waals surface area contributed by atoms with Gasteiger partial charge in [-0.15, -0.1) is 0 Å². The molecule has 6 nitrogen and oxygen atoms in total. The largest absolute Gasteiger partial charge is 0.379 e. The summed E-state index contributed by atoms with van der Waals surface area (Å²) < 4.78 is 5.44. The van der Waals surface area contributed by atoms with E-state index in [-0.39, 0.29) is 17.9 Å². The van der Waals surface area contributed by atoms with E-state index >= 15 is 0 Å². The monoisotopic (exact) mass is 421 g/mol. The van der Waals surface area contributed by atoms with Gasteiger partial charge in [-0.25, -0.2) is 0 Å². The quantitative estimate of drug-likeness (QED) is 0.666. The lowest BCUT2D eigenvalue weighted by atomic mass is 10.1. The summed E-state index contributed by atoms with van der Waals surface area (Å²) in [4.78, 5) is 29.1. The minimum absolute atomic E-state index is 0.0278. The molecule has 2 aromatic rings. The molecule has 0 aliphatic carbocycles. The van der Waals surface area contributed by atoms with Crippen molar-refractivity contribution in [1.82, 2.24) is 15.1 Å². The molecule has 31 heavy (non-hydrogen) atoms. The number of carbonyl (C=O) groups excluding carboxylic acids is 2. The lowest BCUT2D eigenvalue weighted by Crippen LogP contribution is -2.47. The molecule has 0 aromatic heterocycles. The fourth-order valence-electron chi connectivity index (χ4n) is 3.64. The molecule has 1 N–H and O–H groups in total. The second kappa shape index (κ2) is 11.4. The van der Waals surface area contributed by atoms with E-state index in [1.54, 1.807) is 31.3 Å². The van der Waals surface area contributed by atoms with Crippen molar-refractivity contribution >= 4 is 17.9 Å². The maximum atomic E-state index is 13.2. The van der Waals surface area contributed by atoms with Crippen LogP contribution in [0.1, 0.15) is 28.4 Å². The van der Waals surface area contributed by atoms with E-state index in [2.05, 4.69) is 17.1 Å². The molecular formula is C25H31N3O3. The number of nitrogens with zero attached hydrogens (tertiary/aromatic N) is 2. The first-order valence-electron chi connectivity index (χ1n) is 10.7. The Kier molecular flexibility index (Phi) is 8.38. The molecule has 0 bridgehead atoms. The van der Waals surface area contributed by atoms with Crippen molar-refractivity contribution in [3.8, 4) is 0 Å². The third-order valence-corrected chi connectivity index (χ3v) is 5.46. The zero-order valence-electron chi connectivity index (χ0n) is 18.3. The Morgan fingerprint density at radius 2 is 1.77 bits per heavy atom. The fraction of sp³-hybridized carbons (Fsp3) is 0.360. The van der Waals surface area contributed by atoms with E-state index in [4.69, 9.17) is 4.74 Å². The predicted octanol–water partition coefficient (Wildman–Crippen LogP) is 2.81. The molecule has 1 fully saturated rings. The second-order valence-electron chi connectivity index (χ2n) is 7.75. The van der Waals surface area contributed by atoms with Crippen molar-refractivity contribution in [2.45, 2.75) is 19.5 Å². The Morgan fingerprint density at radius 1 is 1.10 bits per heavy atom. The Hall–Kier alpha value is -2.96. The number of hydrogen-bond acceptors (Lipinski definition) is 4. The summed E-state index contributed by atoms with van der Waals surface area (Å²) in [6.07, 6.45) is 3.42. The third kappa shape index (κ3) is 6.77. The van der Waals surface area contributed by atoms with Gasteiger partial charge in [-0.1, -0.05) is 42.5 Å². The van der Waals surface area contributed by atoms with E-state index in [9.17, 15) is 9.59 Å². The van der Waals surface area contributed by atoms with Crippen LogP contribution in [0.4, 0.5) is 0 Å². The first kappa shape index (κ1) is 22.7. The Morgan fingerprint density at radius 3 is 2.42 bits per heavy atom. The van der Waals surface area contributed by atoms with Crippen LogP contribution in [0.15, 0.2) is 60.7 Å². The van der Waals surface area contributed by atoms with Gasteiger partial charge in [0, 0.05) is 50.9 Å². The van der Waals surface area contributed by atoms with Crippen LogP contribution < -0.4 is 5.32 Å². The number of ether oxygens (including phenoxy) is 1. The summed E-state index contributed by atoms with van der Waals surface area (Å²) in [5, 5.41) is 2.61. The summed E-state index contributed by atoms with van der Waals surface area (Å²) in [7, 11) is 1.61. The molecule has 1 aliphatic rings. The molecular weight excluding hydrogens is 390 g/mol. The maximum absolute atomic E-state index is 13.2. The lowest BCUT2D eigenvalue weighted by Gasteiger charge is -2.34. The van der Waals surface area contributed by atoms with E-state index < -0.39 is 0 Å². The van der Waals surface area contributed by atoms with Gasteiger partial charge in [-0.05, 0) is 36.3 Å².